The minimum atomic E-state index is -3.76. The molecule has 0 spiro atoms. The Labute approximate surface area is 171 Å². The number of halogens is 1. The standard InChI is InChI=1S/C21H25ClN2O3S/c1-14(2)18-7-4-6-15(3)20(18)23-21(25)19-8-5-13-24(19)28(26,27)17-11-9-16(22)10-12-17/h4,6-7,9-12,14,19H,5,8,13H2,1-3H3,(H,23,25)/t19-/m0/s1. The fraction of sp³-hybridized carbons (Fsp3) is 0.381. The lowest BCUT2D eigenvalue weighted by molar-refractivity contribution is -0.119. The topological polar surface area (TPSA) is 66.5 Å². The zero-order valence-corrected chi connectivity index (χ0v) is 17.8. The van der Waals surface area contributed by atoms with Gasteiger partial charge >= 0.3 is 0 Å². The molecule has 1 atom stereocenters. The predicted octanol–water partition coefficient (Wildman–Crippen LogP) is 4.56. The zero-order chi connectivity index (χ0) is 20.5. The molecule has 3 rings (SSSR count). The van der Waals surface area contributed by atoms with Crippen molar-refractivity contribution in [3.8, 4) is 0 Å². The van der Waals surface area contributed by atoms with Crippen molar-refractivity contribution >= 4 is 33.2 Å². The maximum Gasteiger partial charge on any atom is 0.243 e. The lowest BCUT2D eigenvalue weighted by atomic mass is 9.98. The highest BCUT2D eigenvalue weighted by Crippen LogP contribution is 2.31. The Hall–Kier alpha value is -1.89. The van der Waals surface area contributed by atoms with Gasteiger partial charge in [0.15, 0.2) is 0 Å². The van der Waals surface area contributed by atoms with Crippen molar-refractivity contribution in [3.05, 3.63) is 58.6 Å². The molecule has 1 aliphatic heterocycles. The van der Waals surface area contributed by atoms with E-state index in [-0.39, 0.29) is 16.7 Å². The average Bonchev–Trinajstić information content (AvgIpc) is 3.14. The first kappa shape index (κ1) is 20.8. The van der Waals surface area contributed by atoms with E-state index in [1.165, 1.54) is 16.4 Å². The molecule has 7 heteroatoms. The number of rotatable bonds is 5. The Balaban J connectivity index is 1.87. The number of aryl methyl sites for hydroxylation is 1. The molecule has 2 aromatic rings. The molecule has 1 aliphatic rings. The molecule has 2 aromatic carbocycles. The van der Waals surface area contributed by atoms with Crippen LogP contribution in [0.5, 0.6) is 0 Å². The van der Waals surface area contributed by atoms with E-state index < -0.39 is 16.1 Å². The van der Waals surface area contributed by atoms with Gasteiger partial charge < -0.3 is 5.32 Å². The molecule has 1 N–H and O–H groups in total. The highest BCUT2D eigenvalue weighted by molar-refractivity contribution is 7.89. The Morgan fingerprint density at radius 2 is 1.86 bits per heavy atom. The quantitative estimate of drug-likeness (QED) is 0.770. The highest BCUT2D eigenvalue weighted by atomic mass is 35.5. The first-order valence-electron chi connectivity index (χ1n) is 9.39. The summed E-state index contributed by atoms with van der Waals surface area (Å²) in [6.45, 7) is 6.40. The SMILES string of the molecule is Cc1cccc(C(C)C)c1NC(=O)[C@@H]1CCCN1S(=O)(=O)c1ccc(Cl)cc1. The van der Waals surface area contributed by atoms with Crippen molar-refractivity contribution < 1.29 is 13.2 Å². The maximum absolute atomic E-state index is 13.1. The number of nitrogens with zero attached hydrogens (tertiary/aromatic N) is 1. The minimum Gasteiger partial charge on any atom is -0.324 e. The van der Waals surface area contributed by atoms with Gasteiger partial charge in [-0.05, 0) is 61.1 Å². The molecule has 1 saturated heterocycles. The summed E-state index contributed by atoms with van der Waals surface area (Å²) in [6, 6.07) is 11.2. The van der Waals surface area contributed by atoms with E-state index in [0.717, 1.165) is 16.8 Å². The van der Waals surface area contributed by atoms with E-state index in [1.54, 1.807) is 12.1 Å². The molecule has 28 heavy (non-hydrogen) atoms. The lowest BCUT2D eigenvalue weighted by Crippen LogP contribution is -2.43. The second-order valence-corrected chi connectivity index (χ2v) is 9.74. The Kier molecular flexibility index (Phi) is 6.12. The molecule has 1 fully saturated rings. The first-order valence-corrected chi connectivity index (χ1v) is 11.2. The van der Waals surface area contributed by atoms with Gasteiger partial charge in [-0.2, -0.15) is 4.31 Å². The van der Waals surface area contributed by atoms with E-state index in [9.17, 15) is 13.2 Å². The summed E-state index contributed by atoms with van der Waals surface area (Å²) >= 11 is 5.87. The van der Waals surface area contributed by atoms with Crippen LogP contribution < -0.4 is 5.32 Å². The number of hydrogen-bond donors (Lipinski definition) is 1. The summed E-state index contributed by atoms with van der Waals surface area (Å²) < 4.78 is 27.4. The van der Waals surface area contributed by atoms with Crippen LogP contribution in [0.2, 0.25) is 5.02 Å². The third kappa shape index (κ3) is 4.09. The smallest absolute Gasteiger partial charge is 0.243 e. The predicted molar refractivity (Wildman–Crippen MR) is 112 cm³/mol. The highest BCUT2D eigenvalue weighted by Gasteiger charge is 2.39. The number of sulfonamides is 1. The zero-order valence-electron chi connectivity index (χ0n) is 16.3. The molecule has 0 radical (unpaired) electrons. The number of carbonyl (C=O) groups excluding carboxylic acids is 1. The Bertz CT molecular complexity index is 972. The number of benzene rings is 2. The van der Waals surface area contributed by atoms with Crippen LogP contribution in [0.15, 0.2) is 47.4 Å². The third-order valence-electron chi connectivity index (χ3n) is 5.10. The normalized spacial score (nSPS) is 17.8. The largest absolute Gasteiger partial charge is 0.324 e. The molecule has 0 unspecified atom stereocenters. The van der Waals surface area contributed by atoms with Gasteiger partial charge in [0.05, 0.1) is 4.90 Å². The second-order valence-electron chi connectivity index (χ2n) is 7.41. The van der Waals surface area contributed by atoms with E-state index in [1.807, 2.05) is 25.1 Å². The molecule has 150 valence electrons. The summed E-state index contributed by atoms with van der Waals surface area (Å²) in [5.74, 6) is -0.0427. The van der Waals surface area contributed by atoms with Crippen molar-refractivity contribution in [1.29, 1.82) is 0 Å². The number of carbonyl (C=O) groups is 1. The summed E-state index contributed by atoms with van der Waals surface area (Å²) in [4.78, 5) is 13.2. The van der Waals surface area contributed by atoms with Crippen molar-refractivity contribution in [1.82, 2.24) is 4.31 Å². The fourth-order valence-electron chi connectivity index (χ4n) is 3.58. The van der Waals surface area contributed by atoms with Crippen molar-refractivity contribution in [3.63, 3.8) is 0 Å². The fourth-order valence-corrected chi connectivity index (χ4v) is 5.36. The van der Waals surface area contributed by atoms with E-state index in [4.69, 9.17) is 11.6 Å². The van der Waals surface area contributed by atoms with Crippen molar-refractivity contribution in [2.24, 2.45) is 0 Å². The van der Waals surface area contributed by atoms with Gasteiger partial charge in [-0.3, -0.25) is 4.79 Å². The summed E-state index contributed by atoms with van der Waals surface area (Å²) in [5, 5.41) is 3.47. The molecule has 0 aliphatic carbocycles. The van der Waals surface area contributed by atoms with Crippen LogP contribution in [-0.2, 0) is 14.8 Å². The third-order valence-corrected chi connectivity index (χ3v) is 7.28. The van der Waals surface area contributed by atoms with Gasteiger partial charge in [0.25, 0.3) is 0 Å². The summed E-state index contributed by atoms with van der Waals surface area (Å²) in [7, 11) is -3.76. The van der Waals surface area contributed by atoms with Crippen LogP contribution >= 0.6 is 11.6 Å². The van der Waals surface area contributed by atoms with Crippen LogP contribution in [0, 0.1) is 6.92 Å². The Morgan fingerprint density at radius 3 is 2.50 bits per heavy atom. The van der Waals surface area contributed by atoms with Gasteiger partial charge in [0, 0.05) is 17.3 Å². The van der Waals surface area contributed by atoms with Crippen molar-refractivity contribution in [2.75, 3.05) is 11.9 Å². The number of hydrogen-bond acceptors (Lipinski definition) is 3. The van der Waals surface area contributed by atoms with E-state index in [0.29, 0.717) is 24.4 Å². The van der Waals surface area contributed by atoms with Crippen LogP contribution in [0.25, 0.3) is 0 Å². The lowest BCUT2D eigenvalue weighted by Gasteiger charge is -2.25. The van der Waals surface area contributed by atoms with Crippen LogP contribution in [0.4, 0.5) is 5.69 Å². The maximum atomic E-state index is 13.1. The van der Waals surface area contributed by atoms with E-state index in [2.05, 4.69) is 19.2 Å². The minimum absolute atomic E-state index is 0.148. The molecular formula is C21H25ClN2O3S. The number of nitrogens with one attached hydrogen (secondary N) is 1. The number of para-hydroxylation sites is 1. The number of amides is 1. The van der Waals surface area contributed by atoms with Crippen LogP contribution in [0.1, 0.15) is 43.7 Å². The molecule has 1 heterocycles. The number of anilines is 1. The average molecular weight is 421 g/mol. The molecule has 1 amide bonds. The monoisotopic (exact) mass is 420 g/mol. The van der Waals surface area contributed by atoms with Crippen LogP contribution in [0.3, 0.4) is 0 Å². The van der Waals surface area contributed by atoms with Gasteiger partial charge in [-0.15, -0.1) is 0 Å². The van der Waals surface area contributed by atoms with Gasteiger partial charge in [0.1, 0.15) is 6.04 Å². The molecule has 0 saturated carbocycles. The summed E-state index contributed by atoms with van der Waals surface area (Å²) in [5.41, 5.74) is 2.78. The first-order chi connectivity index (χ1) is 13.2. The molecule has 5 nitrogen and oxygen atoms in total. The van der Waals surface area contributed by atoms with Crippen molar-refractivity contribution in [2.45, 2.75) is 50.5 Å². The van der Waals surface area contributed by atoms with Crippen LogP contribution in [-0.4, -0.2) is 31.2 Å². The Morgan fingerprint density at radius 1 is 1.18 bits per heavy atom. The van der Waals surface area contributed by atoms with Gasteiger partial charge in [0.2, 0.25) is 15.9 Å². The van der Waals surface area contributed by atoms with Gasteiger partial charge in [-0.25, -0.2) is 8.42 Å². The molecular weight excluding hydrogens is 396 g/mol. The molecule has 0 aromatic heterocycles. The summed E-state index contributed by atoms with van der Waals surface area (Å²) in [6.07, 6.45) is 1.15. The van der Waals surface area contributed by atoms with Gasteiger partial charge in [-0.1, -0.05) is 43.6 Å². The molecule has 0 bridgehead atoms. The van der Waals surface area contributed by atoms with E-state index >= 15 is 0 Å². The second kappa shape index (κ2) is 8.23.